The van der Waals surface area contributed by atoms with Gasteiger partial charge in [0.2, 0.25) is 17.8 Å². The number of rotatable bonds is 3. The quantitative estimate of drug-likeness (QED) is 0.793. The molecule has 0 spiro atoms. The standard InChI is InChI=1S/C16H20F3N5O2/c1-22(2)13(25)9-24-11-4-3-10(14(24)26)7-23(8-11)15-20-6-5-12(21-15)16(17,18)19/h5-6,10-11H,3-4,7-9H2,1-2H3/t10-,11+/m0/s1. The van der Waals surface area contributed by atoms with Gasteiger partial charge in [-0.15, -0.1) is 0 Å². The topological polar surface area (TPSA) is 69.6 Å². The monoisotopic (exact) mass is 371 g/mol. The summed E-state index contributed by atoms with van der Waals surface area (Å²) >= 11 is 0. The Hall–Kier alpha value is -2.39. The van der Waals surface area contributed by atoms with Crippen molar-refractivity contribution in [1.82, 2.24) is 19.8 Å². The molecule has 0 aliphatic carbocycles. The Bertz CT molecular complexity index is 709. The number of nitrogens with zero attached hydrogens (tertiary/aromatic N) is 5. The summed E-state index contributed by atoms with van der Waals surface area (Å²) < 4.78 is 38.7. The summed E-state index contributed by atoms with van der Waals surface area (Å²) in [5.74, 6) is -0.731. The molecule has 2 bridgehead atoms. The third-order valence-electron chi connectivity index (χ3n) is 4.81. The molecule has 0 saturated carbocycles. The number of hydrogen-bond acceptors (Lipinski definition) is 5. The lowest BCUT2D eigenvalue weighted by atomic mass is 9.94. The maximum atomic E-state index is 12.9. The van der Waals surface area contributed by atoms with Crippen LogP contribution in [-0.2, 0) is 15.8 Å². The van der Waals surface area contributed by atoms with Crippen LogP contribution in [0.1, 0.15) is 18.5 Å². The number of fused-ring (bicyclic) bond motifs is 4. The molecule has 7 nitrogen and oxygen atoms in total. The first-order valence-electron chi connectivity index (χ1n) is 8.32. The number of amides is 2. The molecule has 3 fully saturated rings. The van der Waals surface area contributed by atoms with Crippen LogP contribution in [0.15, 0.2) is 12.3 Å². The molecule has 0 unspecified atom stereocenters. The van der Waals surface area contributed by atoms with Crippen molar-refractivity contribution in [1.29, 1.82) is 0 Å². The third-order valence-corrected chi connectivity index (χ3v) is 4.81. The first-order chi connectivity index (χ1) is 12.2. The summed E-state index contributed by atoms with van der Waals surface area (Å²) in [5, 5.41) is 0. The Balaban J connectivity index is 1.84. The molecule has 4 heterocycles. The number of carbonyl (C=O) groups excluding carboxylic acids is 2. The number of carbonyl (C=O) groups is 2. The van der Waals surface area contributed by atoms with Crippen molar-refractivity contribution in [2.24, 2.45) is 5.92 Å². The van der Waals surface area contributed by atoms with Gasteiger partial charge in [0, 0.05) is 39.4 Å². The van der Waals surface area contributed by atoms with Crippen LogP contribution in [0.5, 0.6) is 0 Å². The van der Waals surface area contributed by atoms with Gasteiger partial charge in [0.05, 0.1) is 5.92 Å². The number of piperidine rings is 1. The largest absolute Gasteiger partial charge is 0.433 e. The highest BCUT2D eigenvalue weighted by Gasteiger charge is 2.42. The predicted molar refractivity (Wildman–Crippen MR) is 86.2 cm³/mol. The third kappa shape index (κ3) is 3.58. The maximum absolute atomic E-state index is 12.9. The highest BCUT2D eigenvalue weighted by atomic mass is 19.4. The van der Waals surface area contributed by atoms with Crippen molar-refractivity contribution in [3.63, 3.8) is 0 Å². The van der Waals surface area contributed by atoms with E-state index in [0.717, 1.165) is 12.3 Å². The molecular weight excluding hydrogens is 351 g/mol. The number of likely N-dealkylation sites (N-methyl/N-ethyl adjacent to an activating group) is 1. The van der Waals surface area contributed by atoms with E-state index in [2.05, 4.69) is 9.97 Å². The number of anilines is 1. The second kappa shape index (κ2) is 6.73. The molecule has 1 aromatic rings. The van der Waals surface area contributed by atoms with Crippen LogP contribution >= 0.6 is 0 Å². The lowest BCUT2D eigenvalue weighted by molar-refractivity contribution is -0.145. The predicted octanol–water partition coefficient (Wildman–Crippen LogP) is 1.01. The Kier molecular flexibility index (Phi) is 4.76. The van der Waals surface area contributed by atoms with Gasteiger partial charge < -0.3 is 14.7 Å². The van der Waals surface area contributed by atoms with Gasteiger partial charge >= 0.3 is 6.18 Å². The molecule has 0 aromatic carbocycles. The molecular formula is C16H20F3N5O2. The Morgan fingerprint density at radius 2 is 2.04 bits per heavy atom. The molecule has 10 heteroatoms. The van der Waals surface area contributed by atoms with Crippen molar-refractivity contribution in [2.75, 3.05) is 38.6 Å². The van der Waals surface area contributed by atoms with E-state index < -0.39 is 11.9 Å². The molecule has 2 atom stereocenters. The first-order valence-corrected chi connectivity index (χ1v) is 8.32. The van der Waals surface area contributed by atoms with Crippen molar-refractivity contribution in [3.8, 4) is 0 Å². The Labute approximate surface area is 148 Å². The molecule has 4 rings (SSSR count). The molecule has 1 aromatic heterocycles. The highest BCUT2D eigenvalue weighted by Crippen LogP contribution is 2.32. The van der Waals surface area contributed by atoms with Crippen LogP contribution in [-0.4, -0.2) is 71.4 Å². The minimum atomic E-state index is -4.55. The second-order valence-corrected chi connectivity index (χ2v) is 6.83. The van der Waals surface area contributed by atoms with E-state index in [1.54, 1.807) is 23.9 Å². The summed E-state index contributed by atoms with van der Waals surface area (Å²) in [6, 6.07) is 0.576. The summed E-state index contributed by atoms with van der Waals surface area (Å²) in [6.45, 7) is 0.540. The fourth-order valence-corrected chi connectivity index (χ4v) is 3.36. The van der Waals surface area contributed by atoms with Crippen LogP contribution in [0, 0.1) is 5.92 Å². The molecule has 3 aliphatic heterocycles. The van der Waals surface area contributed by atoms with Gasteiger partial charge in [0.15, 0.2) is 0 Å². The fraction of sp³-hybridized carbons (Fsp3) is 0.625. The summed E-state index contributed by atoms with van der Waals surface area (Å²) in [5.41, 5.74) is -1.01. The van der Waals surface area contributed by atoms with E-state index in [0.29, 0.717) is 19.4 Å². The van der Waals surface area contributed by atoms with Crippen LogP contribution < -0.4 is 4.90 Å². The molecule has 3 saturated heterocycles. The zero-order valence-corrected chi connectivity index (χ0v) is 14.5. The summed E-state index contributed by atoms with van der Waals surface area (Å²) in [7, 11) is 3.23. The summed E-state index contributed by atoms with van der Waals surface area (Å²) in [6.07, 6.45) is -2.13. The average molecular weight is 371 g/mol. The van der Waals surface area contributed by atoms with Gasteiger partial charge in [-0.1, -0.05) is 0 Å². The van der Waals surface area contributed by atoms with Gasteiger partial charge in [-0.25, -0.2) is 9.97 Å². The molecule has 3 aliphatic rings. The van der Waals surface area contributed by atoms with Crippen LogP contribution in [0.2, 0.25) is 0 Å². The second-order valence-electron chi connectivity index (χ2n) is 6.83. The summed E-state index contributed by atoms with van der Waals surface area (Å²) in [4.78, 5) is 36.9. The van der Waals surface area contributed by atoms with Crippen molar-refractivity contribution < 1.29 is 22.8 Å². The lowest BCUT2D eigenvalue weighted by Crippen LogP contribution is -2.51. The van der Waals surface area contributed by atoms with E-state index in [9.17, 15) is 22.8 Å². The van der Waals surface area contributed by atoms with E-state index in [4.69, 9.17) is 0 Å². The Morgan fingerprint density at radius 3 is 2.69 bits per heavy atom. The van der Waals surface area contributed by atoms with Gasteiger partial charge in [0.1, 0.15) is 12.2 Å². The zero-order chi connectivity index (χ0) is 19.1. The van der Waals surface area contributed by atoms with Gasteiger partial charge in [-0.2, -0.15) is 13.2 Å². The van der Waals surface area contributed by atoms with E-state index in [1.165, 1.54) is 4.90 Å². The maximum Gasteiger partial charge on any atom is 0.433 e. The number of hydrogen-bond donors (Lipinski definition) is 0. The minimum Gasteiger partial charge on any atom is -0.347 e. The van der Waals surface area contributed by atoms with Gasteiger partial charge in [-0.3, -0.25) is 9.59 Å². The molecule has 0 N–H and O–H groups in total. The van der Waals surface area contributed by atoms with E-state index in [1.807, 2.05) is 0 Å². The fourth-order valence-electron chi connectivity index (χ4n) is 3.36. The number of aromatic nitrogens is 2. The van der Waals surface area contributed by atoms with Gasteiger partial charge in [-0.05, 0) is 18.9 Å². The lowest BCUT2D eigenvalue weighted by Gasteiger charge is -2.35. The van der Waals surface area contributed by atoms with Crippen molar-refractivity contribution in [2.45, 2.75) is 25.1 Å². The molecule has 142 valence electrons. The minimum absolute atomic E-state index is 0.0235. The van der Waals surface area contributed by atoms with Crippen molar-refractivity contribution >= 4 is 17.8 Å². The van der Waals surface area contributed by atoms with E-state index >= 15 is 0 Å². The smallest absolute Gasteiger partial charge is 0.347 e. The van der Waals surface area contributed by atoms with Crippen LogP contribution in [0.25, 0.3) is 0 Å². The SMILES string of the molecule is CN(C)C(=O)CN1C(=O)[C@H]2CC[C@@H]1CN(c1nccc(C(F)(F)F)n1)C2. The first kappa shape index (κ1) is 18.4. The molecule has 0 radical (unpaired) electrons. The van der Waals surface area contributed by atoms with E-state index in [-0.39, 0.29) is 42.8 Å². The van der Waals surface area contributed by atoms with Gasteiger partial charge in [0.25, 0.3) is 0 Å². The highest BCUT2D eigenvalue weighted by molar-refractivity contribution is 5.87. The average Bonchev–Trinajstić information content (AvgIpc) is 2.87. The normalized spacial score (nSPS) is 23.2. The Morgan fingerprint density at radius 1 is 1.31 bits per heavy atom. The number of halogens is 3. The number of alkyl halides is 3. The van der Waals surface area contributed by atoms with Crippen LogP contribution in [0.3, 0.4) is 0 Å². The van der Waals surface area contributed by atoms with Crippen LogP contribution in [0.4, 0.5) is 19.1 Å². The zero-order valence-electron chi connectivity index (χ0n) is 14.5. The molecule has 2 amide bonds. The molecule has 26 heavy (non-hydrogen) atoms. The van der Waals surface area contributed by atoms with Crippen molar-refractivity contribution in [3.05, 3.63) is 18.0 Å².